The van der Waals surface area contributed by atoms with Gasteiger partial charge in [0.1, 0.15) is 12.9 Å². The number of nitrogens with zero attached hydrogens (tertiary/aromatic N) is 3. The molecule has 6 heteroatoms. The van der Waals surface area contributed by atoms with Gasteiger partial charge in [-0.25, -0.2) is 9.67 Å². The highest BCUT2D eigenvalue weighted by Crippen LogP contribution is 2.18. The van der Waals surface area contributed by atoms with Crippen LogP contribution in [0.25, 0.3) is 11.4 Å². The fraction of sp³-hybridized carbons (Fsp3) is 0.400. The molecule has 1 fully saturated rings. The molecule has 1 aromatic heterocycles. The highest BCUT2D eigenvalue weighted by atomic mass is 16.2. The van der Waals surface area contributed by atoms with E-state index in [0.717, 1.165) is 18.4 Å². The van der Waals surface area contributed by atoms with Crippen molar-refractivity contribution in [3.8, 4) is 11.4 Å². The molecule has 0 atom stereocenters. The van der Waals surface area contributed by atoms with Crippen molar-refractivity contribution in [3.05, 3.63) is 30.6 Å². The van der Waals surface area contributed by atoms with Gasteiger partial charge in [0, 0.05) is 17.3 Å². The Balaban J connectivity index is 1.61. The van der Waals surface area contributed by atoms with E-state index in [1.165, 1.54) is 12.8 Å². The van der Waals surface area contributed by atoms with Crippen LogP contribution >= 0.6 is 0 Å². The van der Waals surface area contributed by atoms with Crippen molar-refractivity contribution >= 4 is 11.6 Å². The summed E-state index contributed by atoms with van der Waals surface area (Å²) in [6.45, 7) is 0.207. The van der Waals surface area contributed by atoms with Crippen LogP contribution in [0, 0.1) is 0 Å². The predicted molar refractivity (Wildman–Crippen MR) is 80.3 cm³/mol. The van der Waals surface area contributed by atoms with Crippen molar-refractivity contribution in [1.82, 2.24) is 20.1 Å². The van der Waals surface area contributed by atoms with Crippen molar-refractivity contribution < 1.29 is 4.79 Å². The van der Waals surface area contributed by atoms with Crippen molar-refractivity contribution in [2.75, 3.05) is 5.73 Å². The quantitative estimate of drug-likeness (QED) is 0.835. The minimum Gasteiger partial charge on any atom is -0.399 e. The summed E-state index contributed by atoms with van der Waals surface area (Å²) in [5, 5.41) is 7.37. The van der Waals surface area contributed by atoms with Crippen LogP contribution in [0.15, 0.2) is 30.6 Å². The van der Waals surface area contributed by atoms with E-state index in [9.17, 15) is 4.79 Å². The van der Waals surface area contributed by atoms with E-state index in [2.05, 4.69) is 15.4 Å². The second kappa shape index (κ2) is 5.95. The van der Waals surface area contributed by atoms with Gasteiger partial charge in [-0.2, -0.15) is 5.10 Å². The van der Waals surface area contributed by atoms with Gasteiger partial charge >= 0.3 is 0 Å². The second-order valence-corrected chi connectivity index (χ2v) is 5.44. The molecule has 0 spiro atoms. The Morgan fingerprint density at radius 1 is 1.29 bits per heavy atom. The third kappa shape index (κ3) is 3.39. The normalized spacial score (nSPS) is 15.2. The molecule has 1 aliphatic rings. The molecule has 1 aromatic carbocycles. The van der Waals surface area contributed by atoms with Crippen molar-refractivity contribution in [2.45, 2.75) is 38.3 Å². The monoisotopic (exact) mass is 285 g/mol. The number of nitrogens with two attached hydrogens (primary N) is 1. The number of amides is 1. The van der Waals surface area contributed by atoms with Gasteiger partial charge in [-0.3, -0.25) is 4.79 Å². The SMILES string of the molecule is Nc1ccc(-c2ncn(CC(=O)NC3CCCC3)n2)cc1. The van der Waals surface area contributed by atoms with E-state index in [0.29, 0.717) is 17.6 Å². The van der Waals surface area contributed by atoms with E-state index in [4.69, 9.17) is 5.73 Å². The largest absolute Gasteiger partial charge is 0.399 e. The molecule has 0 bridgehead atoms. The van der Waals surface area contributed by atoms with E-state index >= 15 is 0 Å². The van der Waals surface area contributed by atoms with Gasteiger partial charge in [-0.05, 0) is 37.1 Å². The minimum absolute atomic E-state index is 0.00402. The lowest BCUT2D eigenvalue weighted by Crippen LogP contribution is -2.35. The molecule has 1 heterocycles. The summed E-state index contributed by atoms with van der Waals surface area (Å²) in [7, 11) is 0. The molecule has 0 saturated heterocycles. The number of nitrogen functional groups attached to an aromatic ring is 1. The summed E-state index contributed by atoms with van der Waals surface area (Å²) in [4.78, 5) is 16.2. The Hall–Kier alpha value is -2.37. The summed E-state index contributed by atoms with van der Waals surface area (Å²) in [6.07, 6.45) is 6.16. The molecule has 1 saturated carbocycles. The Morgan fingerprint density at radius 3 is 2.71 bits per heavy atom. The lowest BCUT2D eigenvalue weighted by Gasteiger charge is -2.11. The third-order valence-electron chi connectivity index (χ3n) is 3.73. The zero-order valence-corrected chi connectivity index (χ0v) is 11.8. The molecule has 3 rings (SSSR count). The predicted octanol–water partition coefficient (Wildman–Crippen LogP) is 1.59. The summed E-state index contributed by atoms with van der Waals surface area (Å²) in [5.74, 6) is 0.597. The lowest BCUT2D eigenvalue weighted by atomic mass is 10.2. The zero-order valence-electron chi connectivity index (χ0n) is 11.8. The van der Waals surface area contributed by atoms with Crippen LogP contribution < -0.4 is 11.1 Å². The minimum atomic E-state index is -0.00402. The van der Waals surface area contributed by atoms with E-state index in [1.807, 2.05) is 24.3 Å². The van der Waals surface area contributed by atoms with Crippen LogP contribution in [0.1, 0.15) is 25.7 Å². The Bertz CT molecular complexity index is 613. The van der Waals surface area contributed by atoms with Gasteiger partial charge < -0.3 is 11.1 Å². The Kier molecular flexibility index (Phi) is 3.85. The maximum absolute atomic E-state index is 11.9. The van der Waals surface area contributed by atoms with Crippen LogP contribution in [-0.4, -0.2) is 26.7 Å². The number of nitrogens with one attached hydrogen (secondary N) is 1. The molecule has 0 aliphatic heterocycles. The van der Waals surface area contributed by atoms with Crippen LogP contribution in [0.4, 0.5) is 5.69 Å². The number of hydrogen-bond donors (Lipinski definition) is 2. The fourth-order valence-electron chi connectivity index (χ4n) is 2.63. The zero-order chi connectivity index (χ0) is 14.7. The first-order chi connectivity index (χ1) is 10.2. The van der Waals surface area contributed by atoms with E-state index in [-0.39, 0.29) is 12.5 Å². The van der Waals surface area contributed by atoms with Gasteiger partial charge in [0.25, 0.3) is 0 Å². The van der Waals surface area contributed by atoms with E-state index in [1.54, 1.807) is 11.0 Å². The van der Waals surface area contributed by atoms with Crippen molar-refractivity contribution in [3.63, 3.8) is 0 Å². The summed E-state index contributed by atoms with van der Waals surface area (Å²) in [6, 6.07) is 7.69. The standard InChI is InChI=1S/C15H19N5O/c16-12-7-5-11(6-8-12)15-17-10-20(19-15)9-14(21)18-13-3-1-2-4-13/h5-8,10,13H,1-4,9,16H2,(H,18,21). The number of rotatable bonds is 4. The van der Waals surface area contributed by atoms with E-state index < -0.39 is 0 Å². The summed E-state index contributed by atoms with van der Waals surface area (Å²) >= 11 is 0. The number of carbonyl (C=O) groups is 1. The molecule has 2 aromatic rings. The smallest absolute Gasteiger partial charge is 0.242 e. The van der Waals surface area contributed by atoms with Gasteiger partial charge in [0.15, 0.2) is 5.82 Å². The number of hydrogen-bond acceptors (Lipinski definition) is 4. The number of benzene rings is 1. The maximum Gasteiger partial charge on any atom is 0.242 e. The Morgan fingerprint density at radius 2 is 2.00 bits per heavy atom. The third-order valence-corrected chi connectivity index (χ3v) is 3.73. The molecular formula is C15H19N5O. The fourth-order valence-corrected chi connectivity index (χ4v) is 2.63. The van der Waals surface area contributed by atoms with Gasteiger partial charge in [0.05, 0.1) is 0 Å². The first-order valence-electron chi connectivity index (χ1n) is 7.25. The first kappa shape index (κ1) is 13.6. The molecule has 0 radical (unpaired) electrons. The van der Waals surface area contributed by atoms with Crippen LogP contribution in [0.3, 0.4) is 0 Å². The summed E-state index contributed by atoms with van der Waals surface area (Å²) < 4.78 is 1.57. The number of aromatic nitrogens is 3. The second-order valence-electron chi connectivity index (χ2n) is 5.44. The van der Waals surface area contributed by atoms with Crippen molar-refractivity contribution in [2.24, 2.45) is 0 Å². The highest BCUT2D eigenvalue weighted by molar-refractivity contribution is 5.76. The van der Waals surface area contributed by atoms with Gasteiger partial charge in [-0.15, -0.1) is 0 Å². The Labute approximate surface area is 123 Å². The highest BCUT2D eigenvalue weighted by Gasteiger charge is 2.17. The molecule has 3 N–H and O–H groups in total. The topological polar surface area (TPSA) is 85.8 Å². The summed E-state index contributed by atoms with van der Waals surface area (Å²) in [5.41, 5.74) is 7.25. The van der Waals surface area contributed by atoms with Crippen LogP contribution in [0.2, 0.25) is 0 Å². The molecule has 0 unspecified atom stereocenters. The lowest BCUT2D eigenvalue weighted by molar-refractivity contribution is -0.122. The average molecular weight is 285 g/mol. The number of carbonyl (C=O) groups excluding carboxylic acids is 1. The van der Waals surface area contributed by atoms with Crippen LogP contribution in [-0.2, 0) is 11.3 Å². The number of anilines is 1. The van der Waals surface area contributed by atoms with Gasteiger partial charge in [0.2, 0.25) is 5.91 Å². The average Bonchev–Trinajstić information content (AvgIpc) is 3.11. The molecule has 1 amide bonds. The van der Waals surface area contributed by atoms with Crippen molar-refractivity contribution in [1.29, 1.82) is 0 Å². The van der Waals surface area contributed by atoms with Crippen LogP contribution in [0.5, 0.6) is 0 Å². The molecular weight excluding hydrogens is 266 g/mol. The maximum atomic E-state index is 11.9. The van der Waals surface area contributed by atoms with Gasteiger partial charge in [-0.1, -0.05) is 12.8 Å². The first-order valence-corrected chi connectivity index (χ1v) is 7.25. The molecule has 21 heavy (non-hydrogen) atoms. The molecule has 110 valence electrons. The molecule has 6 nitrogen and oxygen atoms in total. The molecule has 1 aliphatic carbocycles.